The van der Waals surface area contributed by atoms with Crippen LogP contribution in [0.25, 0.3) is 22.8 Å². The zero-order valence-corrected chi connectivity index (χ0v) is 45.9. The Kier molecular flexibility index (Phi) is 21.4. The Morgan fingerprint density at radius 2 is 1.05 bits per heavy atom. The molecule has 2 aliphatic rings. The van der Waals surface area contributed by atoms with Crippen LogP contribution in [-0.4, -0.2) is 102 Å². The Labute approximate surface area is 447 Å². The van der Waals surface area contributed by atoms with Crippen molar-refractivity contribution in [3.05, 3.63) is 107 Å². The molecule has 0 fully saturated rings. The number of aromatic nitrogens is 8. The van der Waals surface area contributed by atoms with Gasteiger partial charge in [0.2, 0.25) is 29.5 Å². The predicted molar refractivity (Wildman–Crippen MR) is 262 cm³/mol. The maximum Gasteiger partial charge on any atom is 1.00 e. The molecule has 4 aromatic heterocycles. The zero-order chi connectivity index (χ0) is 52.9. The second-order valence-electron chi connectivity index (χ2n) is 19.0. The average molecular weight is 1010 g/mol. The zero-order valence-electron chi connectivity index (χ0n) is 43.9. The first-order chi connectivity index (χ1) is 34.0. The molecule has 73 heavy (non-hydrogen) atoms. The second-order valence-corrected chi connectivity index (χ2v) is 19.0. The molecule has 24 heteroatoms. The third-order valence-electron chi connectivity index (χ3n) is 10.9. The van der Waals surface area contributed by atoms with Gasteiger partial charge in [-0.2, -0.15) is 0 Å². The van der Waals surface area contributed by atoms with Crippen molar-refractivity contribution >= 4 is 37.8 Å². The summed E-state index contributed by atoms with van der Waals surface area (Å²) in [6, 6.07) is 19.1. The number of likely N-dealkylation sites (N-methyl/N-ethyl adjacent to an activating group) is 1. The van der Waals surface area contributed by atoms with Gasteiger partial charge in [0, 0.05) is 85.0 Å². The second kappa shape index (κ2) is 26.4. The van der Waals surface area contributed by atoms with Crippen LogP contribution in [0.1, 0.15) is 130 Å². The van der Waals surface area contributed by atoms with E-state index < -0.39 is 30.0 Å². The summed E-state index contributed by atoms with van der Waals surface area (Å²) in [7, 11) is 6.38. The summed E-state index contributed by atoms with van der Waals surface area (Å²) in [6.07, 6.45) is 0. The van der Waals surface area contributed by atoms with Gasteiger partial charge in [-0.3, -0.25) is 19.3 Å². The number of hydrogen-bond donors (Lipinski definition) is 3. The molecular weight excluding hydrogens is 950 g/mol. The van der Waals surface area contributed by atoms with Crippen molar-refractivity contribution in [2.24, 2.45) is 10.8 Å². The Morgan fingerprint density at radius 3 is 1.42 bits per heavy atom. The number of nitrogens with one attached hydrogen (secondary N) is 3. The topological polar surface area (TPSA) is 266 Å². The van der Waals surface area contributed by atoms with E-state index in [0.29, 0.717) is 48.0 Å². The number of benzene rings is 2. The van der Waals surface area contributed by atoms with Gasteiger partial charge in [0.05, 0.1) is 11.4 Å². The van der Waals surface area contributed by atoms with Crippen LogP contribution in [-0.2, 0) is 55.0 Å². The number of amides is 2. The molecule has 2 aromatic carbocycles. The molecule has 0 saturated carbocycles. The fourth-order valence-electron chi connectivity index (χ4n) is 7.45. The van der Waals surface area contributed by atoms with E-state index in [1.165, 1.54) is 6.92 Å². The molecule has 383 valence electrons. The number of carbonyl (C=O) groups is 5. The van der Waals surface area contributed by atoms with E-state index in [1.54, 1.807) is 13.8 Å². The van der Waals surface area contributed by atoms with Gasteiger partial charge in [-0.1, -0.05) is 102 Å². The van der Waals surface area contributed by atoms with Crippen LogP contribution < -0.4 is 45.5 Å². The van der Waals surface area contributed by atoms with E-state index in [0.717, 1.165) is 74.2 Å². The van der Waals surface area contributed by atoms with E-state index in [1.807, 2.05) is 102 Å². The molecule has 0 saturated heterocycles. The van der Waals surface area contributed by atoms with Crippen LogP contribution in [0.4, 0.5) is 0 Å². The van der Waals surface area contributed by atoms with Gasteiger partial charge in [0.25, 0.3) is 11.8 Å². The van der Waals surface area contributed by atoms with Gasteiger partial charge in [-0.05, 0) is 17.9 Å². The van der Waals surface area contributed by atoms with Crippen LogP contribution in [0.2, 0.25) is 0 Å². The molecule has 22 nitrogen and oxygen atoms in total. The van der Waals surface area contributed by atoms with Crippen LogP contribution in [0.5, 0.6) is 0 Å². The summed E-state index contributed by atoms with van der Waals surface area (Å²) in [5.74, 6) is 1.17. The standard InChI is InChI=1S/C22H28N6O2.C21H26N6O2.C4H6O4.C2H3BO2.Na/c1-14-25-26-21(30-14)18(22(2,3)4)24-20(29)17-16-13-27(5)11-12-28(16)19(23-17)15-9-7-6-8-10-15;1-13-25-26-20(29-13)17(21(2,3)4)24-19(28)16-15-12-22-10-11-27(15)18(23-16)14-8-6-5-7-9-14;1-3(5)7-8-4(2)6;1-2(4)5-3;/h6-10,18H,11-13H2,1-5H3,(H,24,29);5-9,17,22H,10-12H2,1-4H3,(H,24,28);1-2H3;1H3;/q;;;-1;+1/t18-;17-;;;/m11.../s1. The van der Waals surface area contributed by atoms with Crippen LogP contribution >= 0.6 is 0 Å². The molecule has 3 radical (unpaired) electrons. The average Bonchev–Trinajstić information content (AvgIpc) is 4.15. The van der Waals surface area contributed by atoms with E-state index in [9.17, 15) is 24.0 Å². The number of carbonyl (C=O) groups excluding carboxylic acids is 5. The minimum absolute atomic E-state index is 0. The third kappa shape index (κ3) is 16.5. The van der Waals surface area contributed by atoms with Gasteiger partial charge in [-0.15, -0.1) is 20.4 Å². The summed E-state index contributed by atoms with van der Waals surface area (Å²) in [4.78, 5) is 75.2. The normalized spacial score (nSPS) is 13.7. The van der Waals surface area contributed by atoms with E-state index >= 15 is 0 Å². The first-order valence-electron chi connectivity index (χ1n) is 23.1. The van der Waals surface area contributed by atoms with E-state index in [-0.39, 0.29) is 52.2 Å². The largest absolute Gasteiger partial charge is 1.00 e. The molecule has 0 unspecified atom stereocenters. The Morgan fingerprint density at radius 1 is 0.644 bits per heavy atom. The number of nitrogens with zero attached hydrogens (tertiary/aromatic N) is 9. The maximum absolute atomic E-state index is 13.4. The molecule has 6 heterocycles. The quantitative estimate of drug-likeness (QED) is 0.112. The first-order valence-corrected chi connectivity index (χ1v) is 23.1. The minimum atomic E-state index is -0.639. The van der Waals surface area contributed by atoms with Crippen molar-refractivity contribution < 1.29 is 76.8 Å². The molecule has 3 N–H and O–H groups in total. The molecule has 6 aromatic rings. The molecule has 0 spiro atoms. The number of imidazole rings is 2. The summed E-state index contributed by atoms with van der Waals surface area (Å²) < 4.78 is 19.2. The first kappa shape index (κ1) is 59.0. The number of fused-ring (bicyclic) bond motifs is 2. The van der Waals surface area contributed by atoms with Crippen molar-refractivity contribution in [1.82, 2.24) is 60.3 Å². The van der Waals surface area contributed by atoms with Gasteiger partial charge >= 0.3 is 41.5 Å². The Balaban J connectivity index is 0.000000253. The summed E-state index contributed by atoms with van der Waals surface area (Å²) in [5, 5.41) is 25.6. The summed E-state index contributed by atoms with van der Waals surface area (Å²) >= 11 is 0. The molecule has 2 atom stereocenters. The van der Waals surface area contributed by atoms with Crippen molar-refractivity contribution in [3.8, 4) is 22.8 Å². The van der Waals surface area contributed by atoms with Crippen LogP contribution in [0, 0.1) is 24.7 Å². The Bertz CT molecular complexity index is 2790. The number of aryl methyl sites for hydroxylation is 2. The van der Waals surface area contributed by atoms with Crippen LogP contribution in [0.15, 0.2) is 69.5 Å². The molecule has 2 aliphatic heterocycles. The van der Waals surface area contributed by atoms with Crippen molar-refractivity contribution in [3.63, 3.8) is 0 Å². The van der Waals surface area contributed by atoms with Crippen LogP contribution in [0.3, 0.4) is 0 Å². The fraction of sp³-hybridized carbons (Fsp3) is 0.449. The SMILES string of the molecule is CC(=O)OOC(C)=O.Cc1nnc([C@@H](NC(=O)c2nc(-c3ccccc3)n3c2CN(C)CC3)C(C)(C)C)o1.Cc1nnc([C@@H](NC(=O)c2nc(-c3ccccc3)n3c2CNCC3)C(C)(C)C)o1.[B-]OC(C)=O.[Na+]. The Hall–Kier alpha value is -6.53. The summed E-state index contributed by atoms with van der Waals surface area (Å²) in [5.41, 5.74) is 4.07. The van der Waals surface area contributed by atoms with Crippen molar-refractivity contribution in [1.29, 1.82) is 0 Å². The molecule has 8 rings (SSSR count). The fourth-order valence-corrected chi connectivity index (χ4v) is 7.45. The van der Waals surface area contributed by atoms with Gasteiger partial charge in [-0.25, -0.2) is 29.3 Å². The van der Waals surface area contributed by atoms with E-state index in [4.69, 9.17) is 18.8 Å². The third-order valence-corrected chi connectivity index (χ3v) is 10.9. The maximum atomic E-state index is 13.4. The van der Waals surface area contributed by atoms with Gasteiger partial charge in [0.15, 0.2) is 11.4 Å². The summed E-state index contributed by atoms with van der Waals surface area (Å²) in [6.45, 7) is 23.8. The van der Waals surface area contributed by atoms with E-state index in [2.05, 4.69) is 79.9 Å². The van der Waals surface area contributed by atoms with Crippen molar-refractivity contribution in [2.75, 3.05) is 20.1 Å². The predicted octanol–water partition coefficient (Wildman–Crippen LogP) is 2.73. The minimum Gasteiger partial charge on any atom is -0.793 e. The monoisotopic (exact) mass is 1010 g/mol. The van der Waals surface area contributed by atoms with Gasteiger partial charge in [0.1, 0.15) is 23.7 Å². The van der Waals surface area contributed by atoms with Gasteiger partial charge < -0.3 is 46.6 Å². The molecule has 2 amide bonds. The molecule has 0 bridgehead atoms. The smallest absolute Gasteiger partial charge is 0.793 e. The number of hydrogen-bond acceptors (Lipinski definition) is 18. The van der Waals surface area contributed by atoms with Crippen molar-refractivity contribution in [2.45, 2.75) is 114 Å². The number of rotatable bonds is 8. The molecular formula is C49H63BN12NaO10. The molecule has 0 aliphatic carbocycles.